The van der Waals surface area contributed by atoms with Crippen LogP contribution in [0.5, 0.6) is 0 Å². The Bertz CT molecular complexity index is 1850. The SMILES string of the molecule is CS(=O)(=O)c1ccc(NNC(=O)Nc2cc(NC(=O)NNc3ccccc3)cc(NC(=O)NNc3ccc(S(C)(=O)=O)cc3)c2)cc1. The van der Waals surface area contributed by atoms with Crippen LogP contribution in [-0.4, -0.2) is 47.4 Å². The summed E-state index contributed by atoms with van der Waals surface area (Å²) >= 11 is 0. The molecule has 4 aromatic carbocycles. The first kappa shape index (κ1) is 33.9. The van der Waals surface area contributed by atoms with Crippen LogP contribution in [0.1, 0.15) is 0 Å². The van der Waals surface area contributed by atoms with Crippen LogP contribution in [0.15, 0.2) is 107 Å². The monoisotopic (exact) mass is 681 g/mol. The van der Waals surface area contributed by atoms with Crippen molar-refractivity contribution in [2.75, 3.05) is 44.7 Å². The lowest BCUT2D eigenvalue weighted by atomic mass is 10.2. The smallest absolute Gasteiger partial charge is 0.306 e. The molecule has 246 valence electrons. The lowest BCUT2D eigenvalue weighted by molar-refractivity contribution is 0.253. The van der Waals surface area contributed by atoms with Gasteiger partial charge in [-0.15, -0.1) is 0 Å². The van der Waals surface area contributed by atoms with Gasteiger partial charge in [0.25, 0.3) is 0 Å². The number of amides is 6. The fourth-order valence-corrected chi connectivity index (χ4v) is 5.07. The average molecular weight is 682 g/mol. The van der Waals surface area contributed by atoms with Gasteiger partial charge in [0.15, 0.2) is 19.7 Å². The van der Waals surface area contributed by atoms with E-state index in [0.717, 1.165) is 12.5 Å². The van der Waals surface area contributed by atoms with Crippen molar-refractivity contribution in [1.82, 2.24) is 16.3 Å². The van der Waals surface area contributed by atoms with Gasteiger partial charge < -0.3 is 16.0 Å². The molecule has 0 heterocycles. The molecule has 4 rings (SSSR count). The molecule has 0 aliphatic rings. The summed E-state index contributed by atoms with van der Waals surface area (Å²) in [5.74, 6) is 0. The topological polar surface area (TPSA) is 228 Å². The van der Waals surface area contributed by atoms with Crippen molar-refractivity contribution >= 4 is 71.9 Å². The fraction of sp³-hybridized carbons (Fsp3) is 0.0690. The average Bonchev–Trinajstić information content (AvgIpc) is 3.02. The van der Waals surface area contributed by atoms with E-state index in [-0.39, 0.29) is 26.9 Å². The number of sulfone groups is 2. The van der Waals surface area contributed by atoms with Crippen molar-refractivity contribution in [3.63, 3.8) is 0 Å². The molecule has 0 aliphatic heterocycles. The number of carbonyl (C=O) groups is 3. The van der Waals surface area contributed by atoms with Crippen LogP contribution in [0.3, 0.4) is 0 Å². The third-order valence-electron chi connectivity index (χ3n) is 6.01. The Morgan fingerprint density at radius 2 is 0.723 bits per heavy atom. The zero-order valence-corrected chi connectivity index (χ0v) is 26.5. The summed E-state index contributed by atoms with van der Waals surface area (Å²) in [6.45, 7) is 0. The van der Waals surface area contributed by atoms with Crippen LogP contribution in [0, 0.1) is 0 Å². The minimum atomic E-state index is -3.38. The summed E-state index contributed by atoms with van der Waals surface area (Å²) in [6, 6.07) is 22.5. The van der Waals surface area contributed by atoms with E-state index in [9.17, 15) is 31.2 Å². The molecule has 0 bridgehead atoms. The Balaban J connectivity index is 1.42. The van der Waals surface area contributed by atoms with Gasteiger partial charge in [0.05, 0.1) is 26.9 Å². The van der Waals surface area contributed by atoms with Crippen molar-refractivity contribution in [3.8, 4) is 0 Å². The first-order chi connectivity index (χ1) is 22.2. The number of hydrogen-bond donors (Lipinski definition) is 9. The zero-order valence-electron chi connectivity index (χ0n) is 24.9. The van der Waals surface area contributed by atoms with E-state index in [1.54, 1.807) is 24.3 Å². The number of rotatable bonds is 11. The van der Waals surface area contributed by atoms with E-state index in [2.05, 4.69) is 48.5 Å². The summed E-state index contributed by atoms with van der Waals surface area (Å²) < 4.78 is 46.6. The van der Waals surface area contributed by atoms with E-state index in [1.165, 1.54) is 66.7 Å². The Kier molecular flexibility index (Phi) is 10.7. The molecule has 0 unspecified atom stereocenters. The molecule has 0 radical (unpaired) electrons. The molecule has 0 aliphatic carbocycles. The fourth-order valence-electron chi connectivity index (χ4n) is 3.81. The summed E-state index contributed by atoms with van der Waals surface area (Å²) in [5.41, 5.74) is 17.3. The second-order valence-corrected chi connectivity index (χ2v) is 13.9. The lowest BCUT2D eigenvalue weighted by Crippen LogP contribution is -2.35. The van der Waals surface area contributed by atoms with Gasteiger partial charge in [-0.1, -0.05) is 18.2 Å². The molecule has 6 amide bonds. The van der Waals surface area contributed by atoms with Gasteiger partial charge in [-0.05, 0) is 78.9 Å². The number of urea groups is 3. The molecular weight excluding hydrogens is 651 g/mol. The van der Waals surface area contributed by atoms with Gasteiger partial charge >= 0.3 is 18.1 Å². The highest BCUT2D eigenvalue weighted by Crippen LogP contribution is 2.23. The van der Waals surface area contributed by atoms with Gasteiger partial charge in [-0.2, -0.15) is 0 Å². The second-order valence-electron chi connectivity index (χ2n) is 9.87. The van der Waals surface area contributed by atoms with Gasteiger partial charge in [0.1, 0.15) is 0 Å². The van der Waals surface area contributed by atoms with Gasteiger partial charge in [-0.3, -0.25) is 32.6 Å². The van der Waals surface area contributed by atoms with E-state index < -0.39 is 37.8 Å². The molecule has 9 N–H and O–H groups in total. The van der Waals surface area contributed by atoms with Crippen LogP contribution in [0.2, 0.25) is 0 Å². The number of anilines is 6. The number of carbonyl (C=O) groups excluding carboxylic acids is 3. The summed E-state index contributed by atoms with van der Waals surface area (Å²) in [7, 11) is -6.77. The molecule has 18 heteroatoms. The van der Waals surface area contributed by atoms with Crippen molar-refractivity contribution in [1.29, 1.82) is 0 Å². The third-order valence-corrected chi connectivity index (χ3v) is 8.26. The van der Waals surface area contributed by atoms with E-state index >= 15 is 0 Å². The highest BCUT2D eigenvalue weighted by molar-refractivity contribution is 7.91. The van der Waals surface area contributed by atoms with Crippen molar-refractivity contribution < 1.29 is 31.2 Å². The summed E-state index contributed by atoms with van der Waals surface area (Å²) in [4.78, 5) is 38.1. The number of hydrogen-bond acceptors (Lipinski definition) is 10. The largest absolute Gasteiger partial charge is 0.337 e. The van der Waals surface area contributed by atoms with E-state index in [0.29, 0.717) is 17.1 Å². The maximum absolute atomic E-state index is 12.6. The molecule has 47 heavy (non-hydrogen) atoms. The summed E-state index contributed by atoms with van der Waals surface area (Å²) in [5, 5.41) is 7.76. The second kappa shape index (κ2) is 14.8. The quantitative estimate of drug-likeness (QED) is 0.104. The van der Waals surface area contributed by atoms with Crippen LogP contribution in [0.25, 0.3) is 0 Å². The van der Waals surface area contributed by atoms with Crippen LogP contribution < -0.4 is 48.5 Å². The number of para-hydroxylation sites is 1. The van der Waals surface area contributed by atoms with Crippen molar-refractivity contribution in [3.05, 3.63) is 97.1 Å². The minimum absolute atomic E-state index is 0.115. The van der Waals surface area contributed by atoms with Crippen LogP contribution in [0.4, 0.5) is 48.5 Å². The molecule has 0 aromatic heterocycles. The highest BCUT2D eigenvalue weighted by atomic mass is 32.2. The molecule has 0 atom stereocenters. The first-order valence-electron chi connectivity index (χ1n) is 13.5. The molecule has 4 aromatic rings. The normalized spacial score (nSPS) is 10.9. The molecule has 0 spiro atoms. The van der Waals surface area contributed by atoms with Crippen LogP contribution in [-0.2, 0) is 19.7 Å². The maximum Gasteiger partial charge on any atom is 0.337 e. The van der Waals surface area contributed by atoms with E-state index in [4.69, 9.17) is 0 Å². The maximum atomic E-state index is 12.6. The molecule has 0 fully saturated rings. The van der Waals surface area contributed by atoms with Crippen LogP contribution >= 0.6 is 0 Å². The molecular formula is C29H31N9O7S2. The third kappa shape index (κ3) is 10.8. The highest BCUT2D eigenvalue weighted by Gasteiger charge is 2.12. The van der Waals surface area contributed by atoms with Crippen molar-refractivity contribution in [2.45, 2.75) is 9.79 Å². The van der Waals surface area contributed by atoms with Gasteiger partial charge in [0.2, 0.25) is 0 Å². The lowest BCUT2D eigenvalue weighted by Gasteiger charge is -2.15. The minimum Gasteiger partial charge on any atom is -0.306 e. The molecule has 16 nitrogen and oxygen atoms in total. The standard InChI is InChI=1S/C29H31N9O7S2/c1-46(42,43)25-12-8-20(9-13-25)34-37-28(40)31-23-16-22(30-27(39)36-33-19-6-4-3-5-7-19)17-24(18-23)32-29(41)38-35-21-10-14-26(15-11-21)47(2,44)45/h3-18,33-35H,1-2H3,(H2,30,36,39)(H2,31,37,40)(H2,32,38,41). The Morgan fingerprint density at radius 1 is 0.426 bits per heavy atom. The Hall–Kier alpha value is -6.01. The Morgan fingerprint density at radius 3 is 1.02 bits per heavy atom. The number of hydrazine groups is 3. The molecule has 0 saturated carbocycles. The zero-order chi connectivity index (χ0) is 34.0. The predicted molar refractivity (Wildman–Crippen MR) is 179 cm³/mol. The summed E-state index contributed by atoms with van der Waals surface area (Å²) in [6.07, 6.45) is 2.16. The number of nitrogens with one attached hydrogen (secondary N) is 9. The number of benzene rings is 4. The Labute approximate surface area is 270 Å². The van der Waals surface area contributed by atoms with Gasteiger partial charge in [-0.25, -0.2) is 31.2 Å². The van der Waals surface area contributed by atoms with Crippen molar-refractivity contribution in [2.24, 2.45) is 0 Å². The first-order valence-corrected chi connectivity index (χ1v) is 17.3. The predicted octanol–water partition coefficient (Wildman–Crippen LogP) is 3.94. The van der Waals surface area contributed by atoms with Gasteiger partial charge in [0, 0.05) is 29.6 Å². The molecule has 0 saturated heterocycles. The van der Waals surface area contributed by atoms with E-state index in [1.807, 2.05) is 6.07 Å².